The molecular weight excluding hydrogens is 391 g/mol. The van der Waals surface area contributed by atoms with Crippen LogP contribution in [0.25, 0.3) is 0 Å². The molecule has 1 aromatic heterocycles. The van der Waals surface area contributed by atoms with Crippen LogP contribution in [0, 0.1) is 0 Å². The van der Waals surface area contributed by atoms with E-state index in [1.54, 1.807) is 31.2 Å². The van der Waals surface area contributed by atoms with E-state index in [0.29, 0.717) is 10.7 Å². The van der Waals surface area contributed by atoms with Crippen LogP contribution in [0.5, 0.6) is 6.01 Å². The monoisotopic (exact) mass is 407 g/mol. The Morgan fingerprint density at radius 1 is 1.07 bits per heavy atom. The summed E-state index contributed by atoms with van der Waals surface area (Å²) in [4.78, 5) is 9.23. The Morgan fingerprint density at radius 2 is 1.82 bits per heavy atom. The number of hydrogen-bond donors (Lipinski definition) is 0. The molecule has 1 heterocycles. The molecular formula is C20H17ClF3N3O. The van der Waals surface area contributed by atoms with Crippen LogP contribution in [-0.2, 0) is 12.8 Å². The third-order valence-corrected chi connectivity index (χ3v) is 4.19. The Balaban J connectivity index is 1.98. The lowest BCUT2D eigenvalue weighted by Crippen LogP contribution is -2.23. The van der Waals surface area contributed by atoms with Crippen molar-refractivity contribution >= 4 is 23.1 Å². The molecule has 0 aliphatic rings. The summed E-state index contributed by atoms with van der Waals surface area (Å²) < 4.78 is 46.2. The number of nitrogens with zero attached hydrogens (tertiary/aromatic N) is 3. The maximum Gasteiger partial charge on any atom is 0.421 e. The molecule has 0 saturated carbocycles. The first-order valence-corrected chi connectivity index (χ1v) is 8.90. The van der Waals surface area contributed by atoms with Gasteiger partial charge in [-0.25, -0.2) is 4.98 Å². The average Bonchev–Trinajstić information content (AvgIpc) is 2.67. The van der Waals surface area contributed by atoms with E-state index >= 15 is 0 Å². The number of aromatic nitrogens is 2. The van der Waals surface area contributed by atoms with E-state index in [0.717, 1.165) is 11.8 Å². The van der Waals surface area contributed by atoms with Crippen LogP contribution in [0.4, 0.5) is 24.7 Å². The number of benzene rings is 2. The van der Waals surface area contributed by atoms with Crippen LogP contribution < -0.4 is 9.64 Å². The van der Waals surface area contributed by atoms with E-state index in [1.807, 2.05) is 30.3 Å². The standard InChI is InChI=1S/C20H17ClF3N3O/c1-2-27(16-10-6-9-15(21)11-16)18-17(20(22,23)24)12-25-19(26-18)28-13-14-7-4-3-5-8-14/h3-12H,2,13H2,1H3. The Hall–Kier alpha value is -2.80. The minimum Gasteiger partial charge on any atom is -0.459 e. The molecule has 2 aromatic carbocycles. The van der Waals surface area contributed by atoms with Gasteiger partial charge in [0.1, 0.15) is 12.2 Å². The quantitative estimate of drug-likeness (QED) is 0.511. The zero-order valence-corrected chi connectivity index (χ0v) is 15.7. The first-order chi connectivity index (χ1) is 13.4. The van der Waals surface area contributed by atoms with E-state index < -0.39 is 11.7 Å². The topological polar surface area (TPSA) is 38.2 Å². The van der Waals surface area contributed by atoms with Crippen molar-refractivity contribution < 1.29 is 17.9 Å². The summed E-state index contributed by atoms with van der Waals surface area (Å²) in [6.07, 6.45) is -3.87. The van der Waals surface area contributed by atoms with Crippen molar-refractivity contribution in [3.05, 3.63) is 76.9 Å². The average molecular weight is 408 g/mol. The highest BCUT2D eigenvalue weighted by Gasteiger charge is 2.37. The van der Waals surface area contributed by atoms with E-state index in [9.17, 15) is 13.2 Å². The Labute approximate surface area is 165 Å². The van der Waals surface area contributed by atoms with Gasteiger partial charge in [-0.1, -0.05) is 48.0 Å². The minimum atomic E-state index is -4.61. The summed E-state index contributed by atoms with van der Waals surface area (Å²) in [5, 5.41) is 0.416. The molecule has 0 amide bonds. The normalized spacial score (nSPS) is 11.3. The fraction of sp³-hybridized carbons (Fsp3) is 0.200. The van der Waals surface area contributed by atoms with Crippen molar-refractivity contribution in [2.75, 3.05) is 11.4 Å². The highest BCUT2D eigenvalue weighted by atomic mass is 35.5. The molecule has 0 aliphatic carbocycles. The van der Waals surface area contributed by atoms with E-state index in [-0.39, 0.29) is 25.0 Å². The summed E-state index contributed by atoms with van der Waals surface area (Å²) in [6, 6.07) is 15.7. The largest absolute Gasteiger partial charge is 0.459 e. The van der Waals surface area contributed by atoms with Crippen LogP contribution in [0.3, 0.4) is 0 Å². The molecule has 0 unspecified atom stereocenters. The van der Waals surface area contributed by atoms with Crippen molar-refractivity contribution in [2.24, 2.45) is 0 Å². The third-order valence-electron chi connectivity index (χ3n) is 3.95. The summed E-state index contributed by atoms with van der Waals surface area (Å²) in [6.45, 7) is 2.13. The Kier molecular flexibility index (Phi) is 6.04. The predicted molar refractivity (Wildman–Crippen MR) is 102 cm³/mol. The molecule has 0 bridgehead atoms. The second-order valence-electron chi connectivity index (χ2n) is 5.89. The molecule has 146 valence electrons. The number of alkyl halides is 3. The first kappa shape index (κ1) is 19.9. The van der Waals surface area contributed by atoms with Crippen LogP contribution >= 0.6 is 11.6 Å². The van der Waals surface area contributed by atoms with Crippen LogP contribution in [0.2, 0.25) is 5.02 Å². The molecule has 0 atom stereocenters. The summed E-state index contributed by atoms with van der Waals surface area (Å²) >= 11 is 6.01. The molecule has 3 aromatic rings. The molecule has 0 aliphatic heterocycles. The van der Waals surface area contributed by atoms with Crippen molar-refractivity contribution in [1.29, 1.82) is 0 Å². The molecule has 3 rings (SSSR count). The van der Waals surface area contributed by atoms with Gasteiger partial charge in [-0.3, -0.25) is 0 Å². The van der Waals surface area contributed by atoms with Gasteiger partial charge in [-0.15, -0.1) is 0 Å². The molecule has 4 nitrogen and oxygen atoms in total. The van der Waals surface area contributed by atoms with Gasteiger partial charge in [0, 0.05) is 23.5 Å². The lowest BCUT2D eigenvalue weighted by Gasteiger charge is -2.25. The van der Waals surface area contributed by atoms with Crippen molar-refractivity contribution in [1.82, 2.24) is 9.97 Å². The number of rotatable bonds is 6. The predicted octanol–water partition coefficient (Wildman–Crippen LogP) is 5.89. The van der Waals surface area contributed by atoms with Gasteiger partial charge in [0.25, 0.3) is 0 Å². The van der Waals surface area contributed by atoms with Gasteiger partial charge < -0.3 is 9.64 Å². The van der Waals surface area contributed by atoms with Gasteiger partial charge in [0.05, 0.1) is 0 Å². The zero-order chi connectivity index (χ0) is 20.1. The van der Waals surface area contributed by atoms with Gasteiger partial charge in [0.15, 0.2) is 5.82 Å². The molecule has 0 N–H and O–H groups in total. The smallest absolute Gasteiger partial charge is 0.421 e. The molecule has 0 fully saturated rings. The maximum atomic E-state index is 13.5. The Bertz CT molecular complexity index is 935. The lowest BCUT2D eigenvalue weighted by molar-refractivity contribution is -0.137. The van der Waals surface area contributed by atoms with E-state index in [2.05, 4.69) is 9.97 Å². The summed E-state index contributed by atoms with van der Waals surface area (Å²) in [5.74, 6) is -0.282. The van der Waals surface area contributed by atoms with Crippen LogP contribution in [0.1, 0.15) is 18.1 Å². The zero-order valence-electron chi connectivity index (χ0n) is 14.9. The minimum absolute atomic E-state index is 0.132. The van der Waals surface area contributed by atoms with E-state index in [4.69, 9.17) is 16.3 Å². The summed E-state index contributed by atoms with van der Waals surface area (Å²) in [5.41, 5.74) is 0.407. The number of ether oxygens (including phenoxy) is 1. The number of halogens is 4. The van der Waals surface area contributed by atoms with Gasteiger partial charge in [-0.05, 0) is 30.7 Å². The molecule has 0 saturated heterocycles. The molecule has 0 spiro atoms. The maximum absolute atomic E-state index is 13.5. The second-order valence-corrected chi connectivity index (χ2v) is 6.32. The number of anilines is 2. The first-order valence-electron chi connectivity index (χ1n) is 8.52. The van der Waals surface area contributed by atoms with Gasteiger partial charge >= 0.3 is 12.2 Å². The molecule has 8 heteroatoms. The number of hydrogen-bond acceptors (Lipinski definition) is 4. The van der Waals surface area contributed by atoms with Crippen molar-refractivity contribution in [3.8, 4) is 6.01 Å². The fourth-order valence-corrected chi connectivity index (χ4v) is 2.84. The van der Waals surface area contributed by atoms with Crippen molar-refractivity contribution in [3.63, 3.8) is 0 Å². The SMILES string of the molecule is CCN(c1cccc(Cl)c1)c1nc(OCc2ccccc2)ncc1C(F)(F)F. The highest BCUT2D eigenvalue weighted by Crippen LogP contribution is 2.38. The van der Waals surface area contributed by atoms with Gasteiger partial charge in [-0.2, -0.15) is 18.2 Å². The third kappa shape index (κ3) is 4.72. The molecule has 0 radical (unpaired) electrons. The highest BCUT2D eigenvalue weighted by molar-refractivity contribution is 6.30. The second kappa shape index (κ2) is 8.48. The lowest BCUT2D eigenvalue weighted by atomic mass is 10.2. The van der Waals surface area contributed by atoms with Crippen LogP contribution in [-0.4, -0.2) is 16.5 Å². The molecule has 28 heavy (non-hydrogen) atoms. The van der Waals surface area contributed by atoms with E-state index in [1.165, 1.54) is 4.90 Å². The fourth-order valence-electron chi connectivity index (χ4n) is 2.65. The van der Waals surface area contributed by atoms with Crippen LogP contribution in [0.15, 0.2) is 60.8 Å². The Morgan fingerprint density at radius 3 is 2.46 bits per heavy atom. The summed E-state index contributed by atoms with van der Waals surface area (Å²) in [7, 11) is 0. The van der Waals surface area contributed by atoms with Gasteiger partial charge in [0.2, 0.25) is 0 Å². The van der Waals surface area contributed by atoms with Crippen molar-refractivity contribution in [2.45, 2.75) is 19.7 Å².